The molecule has 1 aromatic rings. The Balaban J connectivity index is 1.96. The average Bonchev–Trinajstić information content (AvgIpc) is 2.84. The zero-order valence-corrected chi connectivity index (χ0v) is 10.5. The average molecular weight is 251 g/mol. The maximum atomic E-state index is 11.8. The molecular weight excluding hydrogens is 234 g/mol. The Hall–Kier alpha value is -1.89. The SMILES string of the molecule is CNC(=O)NC(=O)[C@@H](C)N1CCn2ccnc2C1. The molecule has 0 fully saturated rings. The highest BCUT2D eigenvalue weighted by atomic mass is 16.2. The summed E-state index contributed by atoms with van der Waals surface area (Å²) >= 11 is 0. The van der Waals surface area contributed by atoms with Crippen molar-refractivity contribution in [3.63, 3.8) is 0 Å². The number of carbonyl (C=O) groups excluding carboxylic acids is 2. The van der Waals surface area contributed by atoms with Crippen LogP contribution in [0, 0.1) is 0 Å². The number of amides is 3. The van der Waals surface area contributed by atoms with Crippen LogP contribution in [0.2, 0.25) is 0 Å². The van der Waals surface area contributed by atoms with Crippen molar-refractivity contribution >= 4 is 11.9 Å². The zero-order valence-electron chi connectivity index (χ0n) is 10.5. The van der Waals surface area contributed by atoms with Gasteiger partial charge in [0.05, 0.1) is 12.6 Å². The molecule has 2 rings (SSSR count). The van der Waals surface area contributed by atoms with Gasteiger partial charge >= 0.3 is 6.03 Å². The number of hydrogen-bond donors (Lipinski definition) is 2. The number of nitrogens with zero attached hydrogens (tertiary/aromatic N) is 3. The first-order chi connectivity index (χ1) is 8.61. The lowest BCUT2D eigenvalue weighted by molar-refractivity contribution is -0.125. The van der Waals surface area contributed by atoms with Gasteiger partial charge in [-0.3, -0.25) is 15.0 Å². The standard InChI is InChI=1S/C11H17N5O2/c1-8(10(17)14-11(18)12-2)16-6-5-15-4-3-13-9(15)7-16/h3-4,8H,5-7H2,1-2H3,(H2,12,14,17,18)/t8-/m1/s1. The minimum atomic E-state index is -0.481. The normalized spacial score (nSPS) is 16.8. The maximum absolute atomic E-state index is 11.8. The van der Waals surface area contributed by atoms with Crippen LogP contribution >= 0.6 is 0 Å². The van der Waals surface area contributed by atoms with Crippen molar-refractivity contribution in [1.82, 2.24) is 25.1 Å². The molecule has 0 bridgehead atoms. The molecule has 1 aliphatic heterocycles. The second kappa shape index (κ2) is 5.18. The van der Waals surface area contributed by atoms with Gasteiger partial charge in [-0.2, -0.15) is 0 Å². The summed E-state index contributed by atoms with van der Waals surface area (Å²) in [4.78, 5) is 29.1. The van der Waals surface area contributed by atoms with E-state index in [1.807, 2.05) is 11.1 Å². The fraction of sp³-hybridized carbons (Fsp3) is 0.545. The van der Waals surface area contributed by atoms with Crippen LogP contribution in [0.15, 0.2) is 12.4 Å². The predicted molar refractivity (Wildman–Crippen MR) is 64.7 cm³/mol. The smallest absolute Gasteiger partial charge is 0.321 e. The van der Waals surface area contributed by atoms with Gasteiger partial charge in [0.15, 0.2) is 0 Å². The highest BCUT2D eigenvalue weighted by Gasteiger charge is 2.26. The molecule has 7 heteroatoms. The van der Waals surface area contributed by atoms with Crippen molar-refractivity contribution in [2.45, 2.75) is 26.1 Å². The Bertz CT molecular complexity index is 456. The number of hydrogen-bond acceptors (Lipinski definition) is 4. The monoisotopic (exact) mass is 251 g/mol. The summed E-state index contributed by atoms with van der Waals surface area (Å²) in [5.74, 6) is 0.648. The number of rotatable bonds is 2. The first-order valence-electron chi connectivity index (χ1n) is 5.88. The molecule has 98 valence electrons. The van der Waals surface area contributed by atoms with Crippen LogP contribution in [-0.4, -0.2) is 46.0 Å². The molecule has 2 heterocycles. The van der Waals surface area contributed by atoms with Crippen molar-refractivity contribution in [3.05, 3.63) is 18.2 Å². The van der Waals surface area contributed by atoms with Crippen LogP contribution in [0.4, 0.5) is 4.79 Å². The molecule has 0 saturated heterocycles. The highest BCUT2D eigenvalue weighted by Crippen LogP contribution is 2.13. The second-order valence-electron chi connectivity index (χ2n) is 4.25. The summed E-state index contributed by atoms with van der Waals surface area (Å²) < 4.78 is 2.07. The van der Waals surface area contributed by atoms with Gasteiger partial charge in [0.25, 0.3) is 0 Å². The zero-order chi connectivity index (χ0) is 13.1. The minimum absolute atomic E-state index is 0.297. The number of urea groups is 1. The number of aromatic nitrogens is 2. The van der Waals surface area contributed by atoms with Crippen LogP contribution in [0.5, 0.6) is 0 Å². The third-order valence-electron chi connectivity index (χ3n) is 3.17. The number of nitrogens with one attached hydrogen (secondary N) is 2. The van der Waals surface area contributed by atoms with Crippen LogP contribution in [0.25, 0.3) is 0 Å². The van der Waals surface area contributed by atoms with E-state index in [1.54, 1.807) is 13.1 Å². The van der Waals surface area contributed by atoms with E-state index < -0.39 is 6.03 Å². The summed E-state index contributed by atoms with van der Waals surface area (Å²) in [7, 11) is 1.48. The third kappa shape index (κ3) is 2.51. The van der Waals surface area contributed by atoms with Gasteiger partial charge in [0.2, 0.25) is 5.91 Å². The van der Waals surface area contributed by atoms with Gasteiger partial charge in [0, 0.05) is 32.5 Å². The van der Waals surface area contributed by atoms with E-state index in [-0.39, 0.29) is 11.9 Å². The minimum Gasteiger partial charge on any atom is -0.341 e. The lowest BCUT2D eigenvalue weighted by Gasteiger charge is -2.31. The third-order valence-corrected chi connectivity index (χ3v) is 3.17. The molecule has 18 heavy (non-hydrogen) atoms. The fourth-order valence-corrected chi connectivity index (χ4v) is 1.97. The number of carbonyl (C=O) groups is 2. The largest absolute Gasteiger partial charge is 0.341 e. The molecule has 0 radical (unpaired) electrons. The quantitative estimate of drug-likeness (QED) is 0.745. The Kier molecular flexibility index (Phi) is 3.61. The van der Waals surface area contributed by atoms with Crippen molar-refractivity contribution in [1.29, 1.82) is 0 Å². The first kappa shape index (κ1) is 12.6. The molecule has 3 amide bonds. The van der Waals surface area contributed by atoms with Crippen LogP contribution in [0.3, 0.4) is 0 Å². The molecule has 2 N–H and O–H groups in total. The fourth-order valence-electron chi connectivity index (χ4n) is 1.97. The van der Waals surface area contributed by atoms with Crippen molar-refractivity contribution in [3.8, 4) is 0 Å². The lowest BCUT2D eigenvalue weighted by Crippen LogP contribution is -2.50. The summed E-state index contributed by atoms with van der Waals surface area (Å²) in [5, 5.41) is 4.65. The van der Waals surface area contributed by atoms with Crippen molar-refractivity contribution in [2.75, 3.05) is 13.6 Å². The van der Waals surface area contributed by atoms with Crippen molar-refractivity contribution in [2.24, 2.45) is 0 Å². The van der Waals surface area contributed by atoms with Gasteiger partial charge in [-0.25, -0.2) is 9.78 Å². The second-order valence-corrected chi connectivity index (χ2v) is 4.25. The maximum Gasteiger partial charge on any atom is 0.321 e. The number of fused-ring (bicyclic) bond motifs is 1. The Morgan fingerprint density at radius 2 is 2.22 bits per heavy atom. The van der Waals surface area contributed by atoms with Crippen molar-refractivity contribution < 1.29 is 9.59 Å². The van der Waals surface area contributed by atoms with E-state index in [2.05, 4.69) is 20.2 Å². The predicted octanol–water partition coefficient (Wildman–Crippen LogP) is -0.457. The lowest BCUT2D eigenvalue weighted by atomic mass is 10.2. The molecule has 0 saturated carbocycles. The molecule has 1 aromatic heterocycles. The molecule has 1 aliphatic rings. The van der Waals surface area contributed by atoms with Gasteiger partial charge in [-0.05, 0) is 6.92 Å². The van der Waals surface area contributed by atoms with Crippen LogP contribution in [0.1, 0.15) is 12.7 Å². The molecule has 0 aliphatic carbocycles. The van der Waals surface area contributed by atoms with E-state index in [0.717, 1.165) is 18.9 Å². The van der Waals surface area contributed by atoms with E-state index in [9.17, 15) is 9.59 Å². The summed E-state index contributed by atoms with van der Waals surface area (Å²) in [6, 6.07) is -0.835. The summed E-state index contributed by atoms with van der Waals surface area (Å²) in [6.07, 6.45) is 3.69. The molecule has 1 atom stereocenters. The molecule has 0 aromatic carbocycles. The highest BCUT2D eigenvalue weighted by molar-refractivity contribution is 5.96. The summed E-state index contributed by atoms with van der Waals surface area (Å²) in [6.45, 7) is 3.99. The number of imide groups is 1. The topological polar surface area (TPSA) is 79.3 Å². The number of imidazole rings is 1. The van der Waals surface area contributed by atoms with E-state index in [1.165, 1.54) is 7.05 Å². The van der Waals surface area contributed by atoms with E-state index >= 15 is 0 Å². The van der Waals surface area contributed by atoms with Crippen LogP contribution < -0.4 is 10.6 Å². The Labute approximate surface area is 105 Å². The first-order valence-corrected chi connectivity index (χ1v) is 5.88. The summed E-state index contributed by atoms with van der Waals surface area (Å²) in [5.41, 5.74) is 0. The van der Waals surface area contributed by atoms with Crippen LogP contribution in [-0.2, 0) is 17.9 Å². The Morgan fingerprint density at radius 3 is 2.94 bits per heavy atom. The van der Waals surface area contributed by atoms with E-state index in [0.29, 0.717) is 6.54 Å². The van der Waals surface area contributed by atoms with Gasteiger partial charge in [0.1, 0.15) is 5.82 Å². The Morgan fingerprint density at radius 1 is 1.44 bits per heavy atom. The molecular formula is C11H17N5O2. The van der Waals surface area contributed by atoms with Gasteiger partial charge < -0.3 is 9.88 Å². The van der Waals surface area contributed by atoms with E-state index in [4.69, 9.17) is 0 Å². The van der Waals surface area contributed by atoms with Gasteiger partial charge in [-0.15, -0.1) is 0 Å². The van der Waals surface area contributed by atoms with Gasteiger partial charge in [-0.1, -0.05) is 0 Å². The molecule has 0 spiro atoms. The molecule has 7 nitrogen and oxygen atoms in total. The molecule has 0 unspecified atom stereocenters.